The molecule has 3 heterocycles. The molecule has 0 amide bonds. The summed E-state index contributed by atoms with van der Waals surface area (Å²) in [5, 5.41) is 8.04. The molecule has 0 bridgehead atoms. The van der Waals surface area contributed by atoms with Crippen LogP contribution in [0.25, 0.3) is 22.0 Å². The van der Waals surface area contributed by atoms with Crippen LogP contribution in [-0.4, -0.2) is 19.3 Å². The standard InChI is InChI=1S/C23H21F3N6O2/c1-12(14-6-15(23(24,25)26)9-16(27)7-14)29-21-17-10-19(13-4-5-31(2)20(33)8-13)28-11-18(17)22(34)32(3)30-21/h4-12H,27H2,1-3H3,(H,29,30)/t12-/m1/s1. The molecule has 0 aliphatic rings. The van der Waals surface area contributed by atoms with E-state index in [0.29, 0.717) is 22.2 Å². The van der Waals surface area contributed by atoms with Gasteiger partial charge in [-0.3, -0.25) is 14.6 Å². The molecule has 0 fully saturated rings. The molecular weight excluding hydrogens is 449 g/mol. The van der Waals surface area contributed by atoms with E-state index in [1.165, 1.54) is 29.9 Å². The molecule has 34 heavy (non-hydrogen) atoms. The lowest BCUT2D eigenvalue weighted by molar-refractivity contribution is -0.137. The Balaban J connectivity index is 1.81. The SMILES string of the molecule is C[C@@H](Nc1nn(C)c(=O)c2cnc(-c3ccn(C)c(=O)c3)cc12)c1cc(N)cc(C(F)(F)F)c1. The Morgan fingerprint density at radius 2 is 1.79 bits per heavy atom. The maximum Gasteiger partial charge on any atom is 0.416 e. The van der Waals surface area contributed by atoms with Crippen LogP contribution in [0.1, 0.15) is 24.1 Å². The van der Waals surface area contributed by atoms with E-state index in [2.05, 4.69) is 15.4 Å². The van der Waals surface area contributed by atoms with Crippen molar-refractivity contribution in [2.45, 2.75) is 19.1 Å². The summed E-state index contributed by atoms with van der Waals surface area (Å²) in [4.78, 5) is 29.0. The summed E-state index contributed by atoms with van der Waals surface area (Å²) >= 11 is 0. The molecule has 0 saturated carbocycles. The van der Waals surface area contributed by atoms with Crippen molar-refractivity contribution >= 4 is 22.3 Å². The molecular formula is C23H21F3N6O2. The Kier molecular flexibility index (Phi) is 5.64. The van der Waals surface area contributed by atoms with Crippen LogP contribution >= 0.6 is 0 Å². The van der Waals surface area contributed by atoms with Crippen LogP contribution in [0.5, 0.6) is 0 Å². The van der Waals surface area contributed by atoms with Crippen molar-refractivity contribution in [2.24, 2.45) is 14.1 Å². The predicted molar refractivity (Wildman–Crippen MR) is 123 cm³/mol. The minimum Gasteiger partial charge on any atom is -0.399 e. The van der Waals surface area contributed by atoms with Gasteiger partial charge in [-0.05, 0) is 42.8 Å². The van der Waals surface area contributed by atoms with Crippen molar-refractivity contribution < 1.29 is 13.2 Å². The van der Waals surface area contributed by atoms with E-state index in [-0.39, 0.29) is 28.0 Å². The lowest BCUT2D eigenvalue weighted by atomic mass is 10.0. The number of benzene rings is 1. The van der Waals surface area contributed by atoms with Crippen LogP contribution in [0, 0.1) is 0 Å². The zero-order valence-electron chi connectivity index (χ0n) is 18.5. The molecule has 176 valence electrons. The van der Waals surface area contributed by atoms with Gasteiger partial charge in [-0.15, -0.1) is 0 Å². The summed E-state index contributed by atoms with van der Waals surface area (Å²) in [6.07, 6.45) is -1.55. The minimum atomic E-state index is -4.54. The Morgan fingerprint density at radius 1 is 1.06 bits per heavy atom. The summed E-state index contributed by atoms with van der Waals surface area (Å²) in [7, 11) is 3.09. The van der Waals surface area contributed by atoms with Gasteiger partial charge < -0.3 is 15.6 Å². The average molecular weight is 470 g/mol. The number of fused-ring (bicyclic) bond motifs is 1. The van der Waals surface area contributed by atoms with Crippen LogP contribution < -0.4 is 22.2 Å². The molecule has 0 radical (unpaired) electrons. The molecule has 3 N–H and O–H groups in total. The smallest absolute Gasteiger partial charge is 0.399 e. The van der Waals surface area contributed by atoms with Crippen molar-refractivity contribution in [2.75, 3.05) is 11.1 Å². The maximum absolute atomic E-state index is 13.2. The quantitative estimate of drug-likeness (QED) is 0.443. The zero-order chi connectivity index (χ0) is 24.8. The van der Waals surface area contributed by atoms with Gasteiger partial charge >= 0.3 is 6.18 Å². The highest BCUT2D eigenvalue weighted by Gasteiger charge is 2.31. The van der Waals surface area contributed by atoms with E-state index in [0.717, 1.165) is 16.8 Å². The molecule has 4 aromatic rings. The number of hydrogen-bond acceptors (Lipinski definition) is 6. The number of nitrogens with zero attached hydrogens (tertiary/aromatic N) is 4. The van der Waals surface area contributed by atoms with Gasteiger partial charge in [0.15, 0.2) is 5.82 Å². The van der Waals surface area contributed by atoms with Crippen LogP contribution in [0.15, 0.2) is 58.4 Å². The van der Waals surface area contributed by atoms with Gasteiger partial charge in [0.25, 0.3) is 11.1 Å². The molecule has 4 rings (SSSR count). The van der Waals surface area contributed by atoms with Crippen molar-refractivity contribution in [3.8, 4) is 11.3 Å². The molecule has 1 atom stereocenters. The van der Waals surface area contributed by atoms with Crippen LogP contribution in [0.2, 0.25) is 0 Å². The highest BCUT2D eigenvalue weighted by Crippen LogP contribution is 2.34. The lowest BCUT2D eigenvalue weighted by Gasteiger charge is -2.19. The first-order valence-electron chi connectivity index (χ1n) is 10.2. The van der Waals surface area contributed by atoms with E-state index < -0.39 is 17.8 Å². The number of nitrogen functional groups attached to an aromatic ring is 1. The first-order chi connectivity index (χ1) is 15.9. The summed E-state index contributed by atoms with van der Waals surface area (Å²) in [5.41, 5.74) is 5.51. The third-order valence-corrected chi connectivity index (χ3v) is 5.49. The van der Waals surface area contributed by atoms with Crippen molar-refractivity contribution in [3.05, 3.63) is 80.6 Å². The normalized spacial score (nSPS) is 12.6. The number of alkyl halides is 3. The second-order valence-electron chi connectivity index (χ2n) is 8.01. The van der Waals surface area contributed by atoms with E-state index in [1.54, 1.807) is 32.3 Å². The highest BCUT2D eigenvalue weighted by molar-refractivity contribution is 5.93. The number of nitrogens with two attached hydrogens (primary N) is 1. The average Bonchev–Trinajstić information content (AvgIpc) is 2.77. The fraction of sp³-hybridized carbons (Fsp3) is 0.217. The van der Waals surface area contributed by atoms with Gasteiger partial charge in [0.05, 0.1) is 22.7 Å². The second kappa shape index (κ2) is 8.32. The number of pyridine rings is 2. The van der Waals surface area contributed by atoms with Crippen molar-refractivity contribution in [1.82, 2.24) is 19.3 Å². The van der Waals surface area contributed by atoms with Crippen LogP contribution in [0.3, 0.4) is 0 Å². The molecule has 8 nitrogen and oxygen atoms in total. The lowest BCUT2D eigenvalue weighted by Crippen LogP contribution is -2.22. The summed E-state index contributed by atoms with van der Waals surface area (Å²) in [5.74, 6) is 0.271. The number of anilines is 2. The number of nitrogens with one attached hydrogen (secondary N) is 1. The first-order valence-corrected chi connectivity index (χ1v) is 10.2. The Bertz CT molecular complexity index is 1520. The van der Waals surface area contributed by atoms with E-state index in [4.69, 9.17) is 5.73 Å². The highest BCUT2D eigenvalue weighted by atomic mass is 19.4. The van der Waals surface area contributed by atoms with Gasteiger partial charge in [-0.1, -0.05) is 0 Å². The van der Waals surface area contributed by atoms with Crippen LogP contribution in [0.4, 0.5) is 24.7 Å². The second-order valence-corrected chi connectivity index (χ2v) is 8.01. The van der Waals surface area contributed by atoms with E-state index in [9.17, 15) is 22.8 Å². The maximum atomic E-state index is 13.2. The Morgan fingerprint density at radius 3 is 2.47 bits per heavy atom. The van der Waals surface area contributed by atoms with E-state index >= 15 is 0 Å². The van der Waals surface area contributed by atoms with Gasteiger partial charge in [-0.2, -0.15) is 18.3 Å². The molecule has 0 spiro atoms. The monoisotopic (exact) mass is 470 g/mol. The molecule has 11 heteroatoms. The Hall–Kier alpha value is -4.15. The van der Waals surface area contributed by atoms with Gasteiger partial charge in [0, 0.05) is 49.2 Å². The van der Waals surface area contributed by atoms with Gasteiger partial charge in [0.1, 0.15) is 0 Å². The third kappa shape index (κ3) is 4.36. The molecule has 0 unspecified atom stereocenters. The predicted octanol–water partition coefficient (Wildman–Crippen LogP) is 3.47. The fourth-order valence-electron chi connectivity index (χ4n) is 3.60. The first kappa shape index (κ1) is 23.0. The Labute approximate surface area is 191 Å². The number of aryl methyl sites for hydroxylation is 2. The summed E-state index contributed by atoms with van der Waals surface area (Å²) in [6.45, 7) is 1.66. The molecule has 3 aromatic heterocycles. The minimum absolute atomic E-state index is 0.0195. The van der Waals surface area contributed by atoms with Crippen molar-refractivity contribution in [3.63, 3.8) is 0 Å². The van der Waals surface area contributed by atoms with Gasteiger partial charge in [-0.25, -0.2) is 4.68 Å². The number of aromatic nitrogens is 4. The van der Waals surface area contributed by atoms with E-state index in [1.807, 2.05) is 0 Å². The van der Waals surface area contributed by atoms with Gasteiger partial charge in [0.2, 0.25) is 0 Å². The number of rotatable bonds is 4. The molecule has 0 aliphatic heterocycles. The number of hydrogen-bond donors (Lipinski definition) is 2. The van der Waals surface area contributed by atoms with Crippen molar-refractivity contribution in [1.29, 1.82) is 0 Å². The fourth-order valence-corrected chi connectivity index (χ4v) is 3.60. The topological polar surface area (TPSA) is 108 Å². The zero-order valence-corrected chi connectivity index (χ0v) is 18.5. The summed E-state index contributed by atoms with van der Waals surface area (Å²) < 4.78 is 42.3. The summed E-state index contributed by atoms with van der Waals surface area (Å²) in [6, 6.07) is 7.47. The number of halogens is 3. The largest absolute Gasteiger partial charge is 0.416 e. The molecule has 0 saturated heterocycles. The van der Waals surface area contributed by atoms with Crippen LogP contribution in [-0.2, 0) is 20.3 Å². The third-order valence-electron chi connectivity index (χ3n) is 5.49. The molecule has 1 aromatic carbocycles. The molecule has 0 aliphatic carbocycles.